The molecule has 1 aliphatic heterocycles. The maximum Gasteiger partial charge on any atom is 0.534 e. The topological polar surface area (TPSA) is 126 Å². The Balaban J connectivity index is 0.000000945. The summed E-state index contributed by atoms with van der Waals surface area (Å²) in [6, 6.07) is 1.63. The molecule has 2 aromatic rings. The number of piperidine rings is 1. The highest BCUT2D eigenvalue weighted by molar-refractivity contribution is 8.25. The molecule has 1 atom stereocenters. The minimum Gasteiger partial charge on any atom is -0.354 e. The van der Waals surface area contributed by atoms with Gasteiger partial charge in [-0.1, -0.05) is 20.8 Å². The molecule has 0 spiro atoms. The predicted octanol–water partition coefficient (Wildman–Crippen LogP) is 3.46. The lowest BCUT2D eigenvalue weighted by atomic mass is 9.98. The highest BCUT2D eigenvalue weighted by Gasteiger charge is 2.49. The summed E-state index contributed by atoms with van der Waals surface area (Å²) in [5.74, 6) is -0.344. The van der Waals surface area contributed by atoms with E-state index in [-0.39, 0.29) is 16.6 Å². The van der Waals surface area contributed by atoms with Crippen molar-refractivity contribution in [2.24, 2.45) is 0 Å². The summed E-state index contributed by atoms with van der Waals surface area (Å²) in [4.78, 5) is 12.6. The first kappa shape index (κ1) is 28.8. The van der Waals surface area contributed by atoms with Crippen molar-refractivity contribution in [1.29, 1.82) is 0 Å². The first-order chi connectivity index (χ1) is 15.6. The second kappa shape index (κ2) is 11.5. The van der Waals surface area contributed by atoms with Crippen molar-refractivity contribution in [3.8, 4) is 16.5 Å². The SMILES string of the molecule is CC(C)(C)c1nc(OS(=O)(=O)C(F)(F)F)c(-c2ccnc(NC3CCNCC3)n2)s1.CS(O)=S. The van der Waals surface area contributed by atoms with Crippen LogP contribution in [-0.2, 0) is 36.5 Å². The summed E-state index contributed by atoms with van der Waals surface area (Å²) >= 11 is 5.23. The van der Waals surface area contributed by atoms with E-state index >= 15 is 0 Å². The second-order valence-corrected chi connectivity index (χ2v) is 13.1. The second-order valence-electron chi connectivity index (χ2n) is 8.24. The number of thiazole rings is 1. The van der Waals surface area contributed by atoms with Gasteiger partial charge in [0.1, 0.15) is 9.88 Å². The van der Waals surface area contributed by atoms with Gasteiger partial charge in [0.15, 0.2) is 0 Å². The van der Waals surface area contributed by atoms with Crippen molar-refractivity contribution < 1.29 is 30.3 Å². The Labute approximate surface area is 207 Å². The maximum absolute atomic E-state index is 12.8. The van der Waals surface area contributed by atoms with Crippen LogP contribution in [0.5, 0.6) is 5.88 Å². The predicted molar refractivity (Wildman–Crippen MR) is 130 cm³/mol. The average molecular weight is 562 g/mol. The van der Waals surface area contributed by atoms with Gasteiger partial charge in [-0.15, -0.1) is 11.3 Å². The van der Waals surface area contributed by atoms with Crippen LogP contribution >= 0.6 is 11.3 Å². The lowest BCUT2D eigenvalue weighted by Crippen LogP contribution is -2.35. The van der Waals surface area contributed by atoms with Crippen LogP contribution in [0.1, 0.15) is 38.6 Å². The number of halogens is 3. The number of rotatable bonds is 5. The van der Waals surface area contributed by atoms with E-state index in [1.54, 1.807) is 6.26 Å². The third kappa shape index (κ3) is 8.34. The van der Waals surface area contributed by atoms with E-state index in [0.717, 1.165) is 37.3 Å². The van der Waals surface area contributed by atoms with E-state index in [1.807, 2.05) is 20.8 Å². The number of hydrogen-bond donors (Lipinski definition) is 3. The number of hydrogen-bond acceptors (Lipinski definition) is 10. The van der Waals surface area contributed by atoms with E-state index in [1.165, 1.54) is 12.3 Å². The number of nitrogens with one attached hydrogen (secondary N) is 2. The smallest absolute Gasteiger partial charge is 0.354 e. The molecule has 0 aliphatic carbocycles. The van der Waals surface area contributed by atoms with Crippen LogP contribution in [0.15, 0.2) is 12.3 Å². The van der Waals surface area contributed by atoms with E-state index in [9.17, 15) is 21.6 Å². The van der Waals surface area contributed by atoms with Gasteiger partial charge in [-0.05, 0) is 52.9 Å². The van der Waals surface area contributed by atoms with Crippen molar-refractivity contribution in [1.82, 2.24) is 20.3 Å². The molecule has 34 heavy (non-hydrogen) atoms. The van der Waals surface area contributed by atoms with Gasteiger partial charge in [0, 0.05) is 23.9 Å². The zero-order valence-electron chi connectivity index (χ0n) is 18.8. The van der Waals surface area contributed by atoms with Gasteiger partial charge >= 0.3 is 15.6 Å². The molecular weight excluding hydrogens is 535 g/mol. The third-order valence-corrected chi connectivity index (χ3v) is 6.70. The molecular formula is C18H26F3N5O4S4. The van der Waals surface area contributed by atoms with Crippen LogP contribution in [0.3, 0.4) is 0 Å². The number of nitrogens with zero attached hydrogens (tertiary/aromatic N) is 3. The summed E-state index contributed by atoms with van der Waals surface area (Å²) in [5, 5.41) is 6.86. The molecule has 16 heteroatoms. The minimum absolute atomic E-state index is 0.0866. The molecule has 1 aliphatic rings. The Hall–Kier alpha value is -1.46. The Kier molecular flexibility index (Phi) is 9.75. The Bertz CT molecular complexity index is 1090. The van der Waals surface area contributed by atoms with Gasteiger partial charge in [0.05, 0.1) is 5.69 Å². The lowest BCUT2D eigenvalue weighted by Gasteiger charge is -2.23. The Morgan fingerprint density at radius 2 is 1.85 bits per heavy atom. The number of aromatic nitrogens is 3. The first-order valence-corrected chi connectivity index (χ1v) is 14.7. The minimum atomic E-state index is -5.87. The van der Waals surface area contributed by atoms with Crippen LogP contribution in [-0.4, -0.2) is 58.8 Å². The van der Waals surface area contributed by atoms with E-state index in [2.05, 4.69) is 41.0 Å². The molecule has 9 nitrogen and oxygen atoms in total. The molecule has 3 heterocycles. The van der Waals surface area contributed by atoms with Crippen LogP contribution in [0, 0.1) is 0 Å². The van der Waals surface area contributed by atoms with E-state index in [0.29, 0.717) is 11.0 Å². The molecule has 1 saturated heterocycles. The number of anilines is 1. The highest BCUT2D eigenvalue weighted by Crippen LogP contribution is 2.41. The van der Waals surface area contributed by atoms with Crippen molar-refractivity contribution >= 4 is 48.3 Å². The van der Waals surface area contributed by atoms with Crippen molar-refractivity contribution in [3.63, 3.8) is 0 Å². The molecule has 3 rings (SSSR count). The zero-order valence-corrected chi connectivity index (χ0v) is 22.1. The largest absolute Gasteiger partial charge is 0.534 e. The molecule has 0 radical (unpaired) electrons. The zero-order chi connectivity index (χ0) is 25.7. The fraction of sp³-hybridized carbons (Fsp3) is 0.611. The van der Waals surface area contributed by atoms with E-state index in [4.69, 9.17) is 4.55 Å². The van der Waals surface area contributed by atoms with Crippen LogP contribution in [0.2, 0.25) is 0 Å². The Morgan fingerprint density at radius 3 is 2.38 bits per heavy atom. The summed E-state index contributed by atoms with van der Waals surface area (Å²) in [6.07, 6.45) is 4.76. The van der Waals surface area contributed by atoms with Crippen LogP contribution < -0.4 is 14.8 Å². The summed E-state index contributed by atoms with van der Waals surface area (Å²) in [6.45, 7) is 7.13. The Morgan fingerprint density at radius 1 is 1.26 bits per heavy atom. The molecule has 3 N–H and O–H groups in total. The summed E-state index contributed by atoms with van der Waals surface area (Å²) in [7, 11) is -6.65. The molecule has 1 fully saturated rings. The highest BCUT2D eigenvalue weighted by atomic mass is 32.8. The van der Waals surface area contributed by atoms with Gasteiger partial charge in [-0.25, -0.2) is 15.0 Å². The average Bonchev–Trinajstić information content (AvgIpc) is 3.11. The molecule has 0 amide bonds. The molecule has 0 saturated carbocycles. The maximum atomic E-state index is 12.8. The fourth-order valence-corrected chi connectivity index (χ4v) is 4.20. The molecule has 192 valence electrons. The normalized spacial score (nSPS) is 16.4. The fourth-order valence-electron chi connectivity index (χ4n) is 2.70. The molecule has 1 unspecified atom stereocenters. The van der Waals surface area contributed by atoms with Gasteiger partial charge in [0.2, 0.25) is 5.95 Å². The van der Waals surface area contributed by atoms with Gasteiger partial charge in [0.25, 0.3) is 5.88 Å². The lowest BCUT2D eigenvalue weighted by molar-refractivity contribution is -0.0501. The van der Waals surface area contributed by atoms with Gasteiger partial charge < -0.3 is 19.4 Å². The van der Waals surface area contributed by atoms with Crippen molar-refractivity contribution in [3.05, 3.63) is 17.3 Å². The van der Waals surface area contributed by atoms with Gasteiger partial charge in [-0.3, -0.25) is 0 Å². The monoisotopic (exact) mass is 561 g/mol. The number of alkyl halides is 3. The first-order valence-electron chi connectivity index (χ1n) is 9.95. The van der Waals surface area contributed by atoms with Crippen LogP contribution in [0.4, 0.5) is 19.1 Å². The molecule has 2 aromatic heterocycles. The van der Waals surface area contributed by atoms with Crippen LogP contribution in [0.25, 0.3) is 10.6 Å². The standard InChI is InChI=1S/C17H22F3N5O3S2.CH4OS2/c1-16(2,3)14-25-13(28-30(26,27)17(18,19)20)12(29-14)11-6-9-22-15(24-11)23-10-4-7-21-8-5-10;1-4(2)3/h6,9-10,21H,4-5,7-8H2,1-3H3,(H,22,23,24);1H3,(H,2,3). The summed E-state index contributed by atoms with van der Waals surface area (Å²) < 4.78 is 73.9. The summed E-state index contributed by atoms with van der Waals surface area (Å²) in [5.41, 5.74) is -5.88. The van der Waals surface area contributed by atoms with Crippen molar-refractivity contribution in [2.45, 2.75) is 50.6 Å². The molecule has 0 aromatic carbocycles. The van der Waals surface area contributed by atoms with E-state index < -0.39 is 36.7 Å². The third-order valence-electron chi connectivity index (χ3n) is 4.27. The molecule has 0 bridgehead atoms. The van der Waals surface area contributed by atoms with Gasteiger partial charge in [-0.2, -0.15) is 21.6 Å². The van der Waals surface area contributed by atoms with Crippen molar-refractivity contribution in [2.75, 3.05) is 24.7 Å². The quantitative estimate of drug-likeness (QED) is 0.369.